The Bertz CT molecular complexity index is 701. The number of nitrogens with one attached hydrogen (secondary N) is 1. The number of aryl methyl sites for hydroxylation is 2. The average Bonchev–Trinajstić information content (AvgIpc) is 2.48. The lowest BCUT2D eigenvalue weighted by molar-refractivity contribution is 0.0697. The Labute approximate surface area is 144 Å². The standard InChI is InChI=1S/C18H20BrNO3/c1-12-5-3-6-14(9-12)23-8-4-7-20-17-15(18(21)22)10-13(2)11-16(17)19/h3,5-6,9-11,20H,4,7-8H2,1-2H3,(H,21,22). The predicted octanol–water partition coefficient (Wildman–Crippen LogP) is 4.65. The normalized spacial score (nSPS) is 10.4. The van der Waals surface area contributed by atoms with Crippen LogP contribution in [0.5, 0.6) is 5.75 Å². The van der Waals surface area contributed by atoms with Crippen molar-refractivity contribution in [1.82, 2.24) is 0 Å². The van der Waals surface area contributed by atoms with Crippen molar-refractivity contribution >= 4 is 27.6 Å². The van der Waals surface area contributed by atoms with Gasteiger partial charge in [-0.25, -0.2) is 4.79 Å². The summed E-state index contributed by atoms with van der Waals surface area (Å²) < 4.78 is 6.44. The number of anilines is 1. The van der Waals surface area contributed by atoms with Gasteiger partial charge in [0.15, 0.2) is 0 Å². The maximum Gasteiger partial charge on any atom is 0.337 e. The van der Waals surface area contributed by atoms with Gasteiger partial charge in [-0.2, -0.15) is 0 Å². The third kappa shape index (κ3) is 4.99. The Morgan fingerprint density at radius 1 is 1.22 bits per heavy atom. The highest BCUT2D eigenvalue weighted by molar-refractivity contribution is 9.10. The second-order valence-electron chi connectivity index (χ2n) is 5.42. The van der Waals surface area contributed by atoms with Crippen molar-refractivity contribution in [3.8, 4) is 5.75 Å². The Morgan fingerprint density at radius 3 is 2.70 bits per heavy atom. The monoisotopic (exact) mass is 377 g/mol. The minimum atomic E-state index is -0.937. The highest BCUT2D eigenvalue weighted by Crippen LogP contribution is 2.28. The molecule has 2 aromatic rings. The summed E-state index contributed by atoms with van der Waals surface area (Å²) in [5.74, 6) is -0.0827. The van der Waals surface area contributed by atoms with E-state index in [9.17, 15) is 9.90 Å². The highest BCUT2D eigenvalue weighted by atomic mass is 79.9. The van der Waals surface area contributed by atoms with Gasteiger partial charge in [-0.3, -0.25) is 0 Å². The summed E-state index contributed by atoms with van der Waals surface area (Å²) in [7, 11) is 0. The number of hydrogen-bond donors (Lipinski definition) is 2. The number of carbonyl (C=O) groups is 1. The summed E-state index contributed by atoms with van der Waals surface area (Å²) in [6, 6.07) is 11.5. The van der Waals surface area contributed by atoms with Crippen LogP contribution in [0.3, 0.4) is 0 Å². The number of ether oxygens (including phenoxy) is 1. The average molecular weight is 378 g/mol. The number of carboxylic acid groups (broad SMARTS) is 1. The first-order valence-electron chi connectivity index (χ1n) is 7.44. The van der Waals surface area contributed by atoms with Crippen molar-refractivity contribution in [2.75, 3.05) is 18.5 Å². The van der Waals surface area contributed by atoms with Crippen LogP contribution in [-0.2, 0) is 0 Å². The zero-order valence-electron chi connectivity index (χ0n) is 13.2. The first-order chi connectivity index (χ1) is 11.0. The summed E-state index contributed by atoms with van der Waals surface area (Å²) in [6.45, 7) is 5.10. The molecule has 23 heavy (non-hydrogen) atoms. The molecule has 2 rings (SSSR count). The first kappa shape index (κ1) is 17.3. The number of carboxylic acids is 1. The van der Waals surface area contributed by atoms with Crippen LogP contribution in [0.2, 0.25) is 0 Å². The van der Waals surface area contributed by atoms with Crippen molar-refractivity contribution in [1.29, 1.82) is 0 Å². The largest absolute Gasteiger partial charge is 0.494 e. The van der Waals surface area contributed by atoms with Gasteiger partial charge >= 0.3 is 5.97 Å². The molecule has 0 atom stereocenters. The van der Waals surface area contributed by atoms with Crippen LogP contribution in [-0.4, -0.2) is 24.2 Å². The van der Waals surface area contributed by atoms with Gasteiger partial charge < -0.3 is 15.2 Å². The lowest BCUT2D eigenvalue weighted by atomic mass is 10.1. The highest BCUT2D eigenvalue weighted by Gasteiger charge is 2.13. The number of rotatable bonds is 7. The van der Waals surface area contributed by atoms with E-state index in [4.69, 9.17) is 4.74 Å². The topological polar surface area (TPSA) is 58.6 Å². The van der Waals surface area contributed by atoms with Crippen LogP contribution in [0.4, 0.5) is 5.69 Å². The van der Waals surface area contributed by atoms with Gasteiger partial charge in [-0.1, -0.05) is 12.1 Å². The van der Waals surface area contributed by atoms with E-state index < -0.39 is 5.97 Å². The van der Waals surface area contributed by atoms with Gasteiger partial charge in [0.1, 0.15) is 5.75 Å². The minimum Gasteiger partial charge on any atom is -0.494 e. The number of halogens is 1. The molecule has 0 saturated carbocycles. The molecule has 0 radical (unpaired) electrons. The number of hydrogen-bond acceptors (Lipinski definition) is 3. The fraction of sp³-hybridized carbons (Fsp3) is 0.278. The Balaban J connectivity index is 1.88. The molecule has 2 aromatic carbocycles. The molecular formula is C18H20BrNO3. The maximum atomic E-state index is 11.3. The van der Waals surface area contributed by atoms with E-state index in [1.807, 2.05) is 44.2 Å². The van der Waals surface area contributed by atoms with Crippen molar-refractivity contribution < 1.29 is 14.6 Å². The van der Waals surface area contributed by atoms with Crippen LogP contribution < -0.4 is 10.1 Å². The van der Waals surface area contributed by atoms with E-state index in [1.165, 1.54) is 0 Å². The molecule has 122 valence electrons. The van der Waals surface area contributed by atoms with Crippen molar-refractivity contribution in [3.05, 3.63) is 57.6 Å². The van der Waals surface area contributed by atoms with E-state index in [0.717, 1.165) is 27.8 Å². The van der Waals surface area contributed by atoms with Crippen LogP contribution in [0.15, 0.2) is 40.9 Å². The molecule has 0 saturated heterocycles. The van der Waals surface area contributed by atoms with Crippen LogP contribution in [0.1, 0.15) is 27.9 Å². The van der Waals surface area contributed by atoms with Gasteiger partial charge in [-0.15, -0.1) is 0 Å². The molecule has 0 amide bonds. The molecule has 0 fully saturated rings. The van der Waals surface area contributed by atoms with Gasteiger partial charge in [-0.05, 0) is 71.6 Å². The fourth-order valence-electron chi connectivity index (χ4n) is 2.27. The summed E-state index contributed by atoms with van der Waals surface area (Å²) in [5.41, 5.74) is 2.95. The fourth-order valence-corrected chi connectivity index (χ4v) is 2.99. The summed E-state index contributed by atoms with van der Waals surface area (Å²) >= 11 is 3.42. The lowest BCUT2D eigenvalue weighted by Gasteiger charge is -2.13. The van der Waals surface area contributed by atoms with E-state index >= 15 is 0 Å². The third-order valence-electron chi connectivity index (χ3n) is 3.35. The van der Waals surface area contributed by atoms with Crippen molar-refractivity contribution in [2.45, 2.75) is 20.3 Å². The Hall–Kier alpha value is -2.01. The summed E-state index contributed by atoms with van der Waals surface area (Å²) in [4.78, 5) is 11.3. The molecule has 0 aliphatic heterocycles. The molecule has 2 N–H and O–H groups in total. The zero-order valence-corrected chi connectivity index (χ0v) is 14.8. The lowest BCUT2D eigenvalue weighted by Crippen LogP contribution is -2.11. The first-order valence-corrected chi connectivity index (χ1v) is 8.23. The third-order valence-corrected chi connectivity index (χ3v) is 3.97. The van der Waals surface area contributed by atoms with Gasteiger partial charge in [0.25, 0.3) is 0 Å². The molecule has 0 aliphatic carbocycles. The summed E-state index contributed by atoms with van der Waals surface area (Å²) in [5, 5.41) is 12.5. The summed E-state index contributed by atoms with van der Waals surface area (Å²) in [6.07, 6.45) is 0.771. The quantitative estimate of drug-likeness (QED) is 0.689. The van der Waals surface area contributed by atoms with Gasteiger partial charge in [0.05, 0.1) is 17.9 Å². The smallest absolute Gasteiger partial charge is 0.337 e. The molecule has 0 bridgehead atoms. The number of aromatic carboxylic acids is 1. The van der Waals surface area contributed by atoms with Crippen LogP contribution >= 0.6 is 15.9 Å². The molecule has 5 heteroatoms. The molecule has 0 aliphatic rings. The predicted molar refractivity (Wildman–Crippen MR) is 95.6 cm³/mol. The van der Waals surface area contributed by atoms with Crippen molar-refractivity contribution in [3.63, 3.8) is 0 Å². The molecular weight excluding hydrogens is 358 g/mol. The second-order valence-corrected chi connectivity index (χ2v) is 6.27. The Kier molecular flexibility index (Phi) is 6.04. The van der Waals surface area contributed by atoms with E-state index in [0.29, 0.717) is 18.8 Å². The van der Waals surface area contributed by atoms with Crippen LogP contribution in [0.25, 0.3) is 0 Å². The van der Waals surface area contributed by atoms with Crippen molar-refractivity contribution in [2.24, 2.45) is 0 Å². The minimum absolute atomic E-state index is 0.275. The molecule has 0 unspecified atom stereocenters. The van der Waals surface area contributed by atoms with Crippen LogP contribution in [0, 0.1) is 13.8 Å². The van der Waals surface area contributed by atoms with E-state index in [-0.39, 0.29) is 5.56 Å². The van der Waals surface area contributed by atoms with Gasteiger partial charge in [0.2, 0.25) is 0 Å². The Morgan fingerprint density at radius 2 is 2.00 bits per heavy atom. The molecule has 0 spiro atoms. The molecule has 4 nitrogen and oxygen atoms in total. The maximum absolute atomic E-state index is 11.3. The number of benzene rings is 2. The SMILES string of the molecule is Cc1cccc(OCCCNc2c(Br)cc(C)cc2C(=O)O)c1. The second kappa shape index (κ2) is 8.02. The molecule has 0 aromatic heterocycles. The van der Waals surface area contributed by atoms with Gasteiger partial charge in [0, 0.05) is 11.0 Å². The van der Waals surface area contributed by atoms with E-state index in [2.05, 4.69) is 21.2 Å². The molecule has 0 heterocycles. The zero-order chi connectivity index (χ0) is 16.8. The van der Waals surface area contributed by atoms with E-state index in [1.54, 1.807) is 6.07 Å².